The number of ether oxygens (including phenoxy) is 1. The van der Waals surface area contributed by atoms with Crippen LogP contribution in [0.3, 0.4) is 0 Å². The minimum Gasteiger partial charge on any atom is -0.360 e. The first-order valence-electron chi connectivity index (χ1n) is 12.4. The van der Waals surface area contributed by atoms with Gasteiger partial charge in [0.1, 0.15) is 12.6 Å². The number of rotatable bonds is 8. The molecule has 3 aromatic rings. The van der Waals surface area contributed by atoms with Crippen molar-refractivity contribution in [2.24, 2.45) is 13.0 Å². The number of aromatic nitrogens is 4. The molecule has 1 aliphatic carbocycles. The number of imidazole rings is 1. The summed E-state index contributed by atoms with van der Waals surface area (Å²) in [6, 6.07) is 7.34. The number of hydrogen-bond acceptors (Lipinski definition) is 4. The molecular formula is C28H33N5O2Si. The van der Waals surface area contributed by atoms with Crippen LogP contribution < -0.4 is 5.32 Å². The lowest BCUT2D eigenvalue weighted by Gasteiger charge is -2.15. The van der Waals surface area contributed by atoms with Crippen LogP contribution in [0.25, 0.3) is 29.1 Å². The zero-order chi connectivity index (χ0) is 25.3. The molecule has 1 unspecified atom stereocenters. The summed E-state index contributed by atoms with van der Waals surface area (Å²) in [6.45, 7) is 8.16. The Labute approximate surface area is 212 Å². The highest BCUT2D eigenvalue weighted by molar-refractivity contribution is 6.76. The molecule has 3 heterocycles. The van der Waals surface area contributed by atoms with Crippen molar-refractivity contribution in [1.82, 2.24) is 24.6 Å². The fourth-order valence-electron chi connectivity index (χ4n) is 4.51. The third-order valence-corrected chi connectivity index (χ3v) is 8.34. The molecule has 1 amide bonds. The van der Waals surface area contributed by atoms with Crippen LogP contribution in [0.4, 0.5) is 0 Å². The van der Waals surface area contributed by atoms with Gasteiger partial charge in [0.15, 0.2) is 0 Å². The Kier molecular flexibility index (Phi) is 6.64. The van der Waals surface area contributed by atoms with Gasteiger partial charge in [-0.05, 0) is 54.5 Å². The van der Waals surface area contributed by atoms with E-state index in [2.05, 4.69) is 54.2 Å². The van der Waals surface area contributed by atoms with Gasteiger partial charge in [0.2, 0.25) is 0 Å². The van der Waals surface area contributed by atoms with Crippen LogP contribution in [0.2, 0.25) is 25.7 Å². The molecule has 1 saturated heterocycles. The number of fused-ring (bicyclic) bond motifs is 2. The van der Waals surface area contributed by atoms with Gasteiger partial charge in [-0.3, -0.25) is 4.79 Å². The van der Waals surface area contributed by atoms with E-state index >= 15 is 0 Å². The van der Waals surface area contributed by atoms with Crippen molar-refractivity contribution >= 4 is 43.1 Å². The van der Waals surface area contributed by atoms with E-state index in [9.17, 15) is 4.79 Å². The lowest BCUT2D eigenvalue weighted by Crippen LogP contribution is -2.22. The quantitative estimate of drug-likeness (QED) is 0.262. The smallest absolute Gasteiger partial charge is 0.252 e. The summed E-state index contributed by atoms with van der Waals surface area (Å²) in [5.41, 5.74) is 4.61. The molecule has 1 fully saturated rings. The Morgan fingerprint density at radius 3 is 2.89 bits per heavy atom. The highest BCUT2D eigenvalue weighted by atomic mass is 28.3. The molecule has 1 N–H and O–H groups in total. The Balaban J connectivity index is 1.47. The predicted molar refractivity (Wildman–Crippen MR) is 147 cm³/mol. The number of amides is 1. The maximum Gasteiger partial charge on any atom is 0.252 e. The van der Waals surface area contributed by atoms with Crippen LogP contribution in [0, 0.1) is 5.92 Å². The molecule has 1 aliphatic heterocycles. The third-order valence-electron chi connectivity index (χ3n) is 6.64. The van der Waals surface area contributed by atoms with E-state index in [0.717, 1.165) is 58.3 Å². The van der Waals surface area contributed by atoms with Gasteiger partial charge in [-0.2, -0.15) is 5.10 Å². The van der Waals surface area contributed by atoms with Gasteiger partial charge in [-0.25, -0.2) is 9.67 Å². The molecule has 0 radical (unpaired) electrons. The summed E-state index contributed by atoms with van der Waals surface area (Å²) in [7, 11) is 0.796. The topological polar surface area (TPSA) is 74.0 Å². The van der Waals surface area contributed by atoms with Gasteiger partial charge < -0.3 is 14.6 Å². The van der Waals surface area contributed by atoms with E-state index in [1.165, 1.54) is 0 Å². The zero-order valence-electron chi connectivity index (χ0n) is 21.4. The predicted octanol–water partition coefficient (Wildman–Crippen LogP) is 5.23. The molecule has 5 rings (SSSR count). The Hall–Kier alpha value is -3.49. The van der Waals surface area contributed by atoms with Crippen molar-refractivity contribution in [2.45, 2.75) is 38.8 Å². The normalized spacial score (nSPS) is 18.9. The Morgan fingerprint density at radius 1 is 1.25 bits per heavy atom. The van der Waals surface area contributed by atoms with Crippen LogP contribution in [0.1, 0.15) is 23.5 Å². The highest BCUT2D eigenvalue weighted by Gasteiger charge is 2.32. The second kappa shape index (κ2) is 9.87. The number of allylic oxidation sites excluding steroid dienone is 4. The van der Waals surface area contributed by atoms with Gasteiger partial charge in [-0.15, -0.1) is 0 Å². The second-order valence-electron chi connectivity index (χ2n) is 10.6. The van der Waals surface area contributed by atoms with Crippen molar-refractivity contribution in [2.75, 3.05) is 6.61 Å². The molecule has 1 atom stereocenters. The summed E-state index contributed by atoms with van der Waals surface area (Å²) >= 11 is 0. The maximum atomic E-state index is 12.7. The lowest BCUT2D eigenvalue weighted by molar-refractivity contribution is -0.115. The standard InChI is InChI=1S/C28H33N5O2Si/c1-32-14-13-29-27(32)12-11-25-22-10-9-20(17-23-21-7-5-6-8-24(21)30-28(23)34)18-26(22)33(31-25)19-35-15-16-36(2,3)4/h5-6,8-14,17-18,21H,7,15-16,19H2,1-4H3,(H,30,34)/b12-11+,23-17+. The summed E-state index contributed by atoms with van der Waals surface area (Å²) in [5.74, 6) is 0.948. The first-order chi connectivity index (χ1) is 17.3. The minimum atomic E-state index is -1.17. The van der Waals surface area contributed by atoms with Crippen LogP contribution in [0.5, 0.6) is 0 Å². The van der Waals surface area contributed by atoms with E-state index < -0.39 is 8.07 Å². The number of aryl methyl sites for hydroxylation is 1. The monoisotopic (exact) mass is 499 g/mol. The maximum absolute atomic E-state index is 12.7. The number of nitrogens with one attached hydrogen (secondary N) is 1. The summed E-state index contributed by atoms with van der Waals surface area (Å²) in [4.78, 5) is 17.0. The lowest BCUT2D eigenvalue weighted by atomic mass is 9.91. The van der Waals surface area contributed by atoms with Crippen LogP contribution in [0.15, 0.2) is 60.1 Å². The average molecular weight is 500 g/mol. The van der Waals surface area contributed by atoms with Crippen LogP contribution >= 0.6 is 0 Å². The molecular weight excluding hydrogens is 466 g/mol. The van der Waals surface area contributed by atoms with Crippen molar-refractivity contribution in [3.8, 4) is 0 Å². The van der Waals surface area contributed by atoms with Crippen LogP contribution in [-0.4, -0.2) is 39.9 Å². The van der Waals surface area contributed by atoms with Crippen molar-refractivity contribution in [3.63, 3.8) is 0 Å². The molecule has 0 bridgehead atoms. The molecule has 36 heavy (non-hydrogen) atoms. The molecule has 2 aliphatic rings. The van der Waals surface area contributed by atoms with E-state index in [1.54, 1.807) is 6.20 Å². The third kappa shape index (κ3) is 5.19. The molecule has 186 valence electrons. The van der Waals surface area contributed by atoms with Gasteiger partial charge in [0.25, 0.3) is 5.91 Å². The molecule has 0 saturated carbocycles. The van der Waals surface area contributed by atoms with Crippen molar-refractivity contribution in [1.29, 1.82) is 0 Å². The Bertz CT molecular complexity index is 1420. The van der Waals surface area contributed by atoms with E-state index in [4.69, 9.17) is 9.84 Å². The Morgan fingerprint density at radius 2 is 2.11 bits per heavy atom. The molecule has 0 spiro atoms. The van der Waals surface area contributed by atoms with Crippen molar-refractivity contribution < 1.29 is 9.53 Å². The fraction of sp³-hybridized carbons (Fsp3) is 0.321. The second-order valence-corrected chi connectivity index (χ2v) is 16.3. The fourth-order valence-corrected chi connectivity index (χ4v) is 5.27. The highest BCUT2D eigenvalue weighted by Crippen LogP contribution is 2.34. The van der Waals surface area contributed by atoms with Gasteiger partial charge in [-0.1, -0.05) is 37.9 Å². The number of carbonyl (C=O) groups excluding carboxylic acids is 1. The number of benzene rings is 1. The summed E-state index contributed by atoms with van der Waals surface area (Å²) < 4.78 is 9.93. The van der Waals surface area contributed by atoms with Crippen molar-refractivity contribution in [3.05, 3.63) is 77.2 Å². The van der Waals surface area contributed by atoms with E-state index in [-0.39, 0.29) is 11.8 Å². The first-order valence-corrected chi connectivity index (χ1v) is 16.1. The average Bonchev–Trinajstić information content (AvgIpc) is 3.50. The number of carbonyl (C=O) groups is 1. The van der Waals surface area contributed by atoms with Gasteiger partial charge >= 0.3 is 0 Å². The largest absolute Gasteiger partial charge is 0.360 e. The van der Waals surface area contributed by atoms with E-state index in [0.29, 0.717) is 6.73 Å². The summed E-state index contributed by atoms with van der Waals surface area (Å²) in [5, 5.41) is 8.91. The molecule has 1 aromatic carbocycles. The number of nitrogens with zero attached hydrogens (tertiary/aromatic N) is 4. The van der Waals surface area contributed by atoms with Gasteiger partial charge in [0, 0.05) is 56.7 Å². The minimum absolute atomic E-state index is 0.0167. The van der Waals surface area contributed by atoms with Crippen LogP contribution in [-0.2, 0) is 23.3 Å². The first kappa shape index (κ1) is 24.2. The molecule has 7 nitrogen and oxygen atoms in total. The molecule has 2 aromatic heterocycles. The van der Waals surface area contributed by atoms with E-state index in [1.807, 2.05) is 52.9 Å². The zero-order valence-corrected chi connectivity index (χ0v) is 22.4. The molecule has 8 heteroatoms. The van der Waals surface area contributed by atoms with Gasteiger partial charge in [0.05, 0.1) is 11.2 Å². The number of hydrogen-bond donors (Lipinski definition) is 1. The SMILES string of the molecule is Cn1ccnc1/C=C/c1nn(COCC[Si](C)(C)C)c2cc(/C=C3/C(=O)NC4=CC=CCC43)ccc12. The summed E-state index contributed by atoms with van der Waals surface area (Å²) in [6.07, 6.45) is 16.6.